The Labute approximate surface area is 184 Å². The van der Waals surface area contributed by atoms with Crippen molar-refractivity contribution in [2.45, 2.75) is 32.9 Å². The highest BCUT2D eigenvalue weighted by Gasteiger charge is 2.27. The number of nitrogens with one attached hydrogen (secondary N) is 2. The van der Waals surface area contributed by atoms with Crippen LogP contribution in [0, 0.1) is 5.92 Å². The topological polar surface area (TPSA) is 126 Å². The molecule has 2 aromatic carbocycles. The minimum atomic E-state index is -1.17. The first-order valence-electron chi connectivity index (χ1n) is 10.1. The average Bonchev–Trinajstić information content (AvgIpc) is 2.76. The van der Waals surface area contributed by atoms with Crippen LogP contribution >= 0.6 is 0 Å². The second-order valence-electron chi connectivity index (χ2n) is 7.83. The van der Waals surface area contributed by atoms with Gasteiger partial charge < -0.3 is 20.2 Å². The van der Waals surface area contributed by atoms with E-state index in [-0.39, 0.29) is 11.5 Å². The van der Waals surface area contributed by atoms with Crippen molar-refractivity contribution in [1.82, 2.24) is 10.6 Å². The second-order valence-corrected chi connectivity index (χ2v) is 7.83. The lowest BCUT2D eigenvalue weighted by Gasteiger charge is -2.23. The highest BCUT2D eigenvalue weighted by atomic mass is 16.4. The van der Waals surface area contributed by atoms with Gasteiger partial charge in [-0.2, -0.15) is 0 Å². The molecule has 0 aliphatic carbocycles. The number of hydrogen-bond donors (Lipinski definition) is 3. The highest BCUT2D eigenvalue weighted by molar-refractivity contribution is 5.99. The SMILES string of the molecule is CC(NC(=O)C(NC(=O)c1cccc(-c2cc3ccccc3oc2=O)c1)C(C)C)C(=O)O. The van der Waals surface area contributed by atoms with Crippen molar-refractivity contribution in [3.63, 3.8) is 0 Å². The van der Waals surface area contributed by atoms with E-state index in [1.54, 1.807) is 56.3 Å². The third-order valence-electron chi connectivity index (χ3n) is 5.04. The lowest BCUT2D eigenvalue weighted by molar-refractivity contribution is -0.141. The Morgan fingerprint density at radius 3 is 2.34 bits per heavy atom. The Balaban J connectivity index is 1.86. The Hall–Kier alpha value is -3.94. The van der Waals surface area contributed by atoms with E-state index in [1.807, 2.05) is 12.1 Å². The van der Waals surface area contributed by atoms with Crippen molar-refractivity contribution in [1.29, 1.82) is 0 Å². The van der Waals surface area contributed by atoms with Gasteiger partial charge in [-0.15, -0.1) is 0 Å². The molecule has 0 aliphatic rings. The Kier molecular flexibility index (Phi) is 6.73. The van der Waals surface area contributed by atoms with Crippen molar-refractivity contribution < 1.29 is 23.9 Å². The summed E-state index contributed by atoms with van der Waals surface area (Å²) >= 11 is 0. The lowest BCUT2D eigenvalue weighted by atomic mass is 10.0. The number of benzene rings is 2. The zero-order chi connectivity index (χ0) is 23.4. The number of amides is 2. The molecule has 8 heteroatoms. The Morgan fingerprint density at radius 1 is 0.938 bits per heavy atom. The molecule has 1 heterocycles. The minimum absolute atomic E-state index is 0.250. The summed E-state index contributed by atoms with van der Waals surface area (Å²) in [6, 6.07) is 13.3. The molecule has 32 heavy (non-hydrogen) atoms. The molecule has 166 valence electrons. The number of hydrogen-bond acceptors (Lipinski definition) is 5. The van der Waals surface area contributed by atoms with Crippen LogP contribution in [-0.2, 0) is 9.59 Å². The molecule has 3 aromatic rings. The van der Waals surface area contributed by atoms with Crippen LogP contribution in [0.3, 0.4) is 0 Å². The van der Waals surface area contributed by atoms with E-state index < -0.39 is 35.5 Å². The first-order chi connectivity index (χ1) is 15.2. The van der Waals surface area contributed by atoms with Crippen molar-refractivity contribution in [2.75, 3.05) is 0 Å². The summed E-state index contributed by atoms with van der Waals surface area (Å²) in [5, 5.41) is 14.8. The fourth-order valence-corrected chi connectivity index (χ4v) is 3.22. The van der Waals surface area contributed by atoms with E-state index in [0.29, 0.717) is 16.7 Å². The van der Waals surface area contributed by atoms with E-state index in [0.717, 1.165) is 5.39 Å². The molecule has 2 amide bonds. The van der Waals surface area contributed by atoms with Gasteiger partial charge in [-0.3, -0.25) is 14.4 Å². The number of fused-ring (bicyclic) bond motifs is 1. The van der Waals surface area contributed by atoms with Gasteiger partial charge in [0.1, 0.15) is 17.7 Å². The number of carboxylic acids is 1. The maximum absolute atomic E-state index is 12.9. The van der Waals surface area contributed by atoms with Crippen molar-refractivity contribution in [2.24, 2.45) is 5.92 Å². The van der Waals surface area contributed by atoms with Gasteiger partial charge in [0.2, 0.25) is 5.91 Å². The Morgan fingerprint density at radius 2 is 1.66 bits per heavy atom. The van der Waals surface area contributed by atoms with Gasteiger partial charge >= 0.3 is 11.6 Å². The van der Waals surface area contributed by atoms with Crippen LogP contribution in [0.25, 0.3) is 22.1 Å². The molecule has 0 saturated heterocycles. The molecule has 1 aromatic heterocycles. The summed E-state index contributed by atoms with van der Waals surface area (Å²) in [6.45, 7) is 4.83. The van der Waals surface area contributed by atoms with Crippen LogP contribution in [0.1, 0.15) is 31.1 Å². The maximum Gasteiger partial charge on any atom is 0.344 e. The molecule has 0 spiro atoms. The molecule has 0 saturated carbocycles. The molecule has 2 atom stereocenters. The van der Waals surface area contributed by atoms with E-state index >= 15 is 0 Å². The molecule has 0 fully saturated rings. The standard InChI is InChI=1S/C24H24N2O6/c1-13(2)20(22(28)25-14(3)23(29)30)26-21(27)17-9-6-8-15(11-17)18-12-16-7-4-5-10-19(16)32-24(18)31/h4-14,20H,1-3H3,(H,25,28)(H,26,27)(H,29,30). The van der Waals surface area contributed by atoms with E-state index in [1.165, 1.54) is 6.92 Å². The summed E-state index contributed by atoms with van der Waals surface area (Å²) < 4.78 is 5.37. The average molecular weight is 436 g/mol. The fraction of sp³-hybridized carbons (Fsp3) is 0.250. The second kappa shape index (κ2) is 9.47. The van der Waals surface area contributed by atoms with Crippen molar-refractivity contribution >= 4 is 28.8 Å². The number of aliphatic carboxylic acids is 1. The van der Waals surface area contributed by atoms with Gasteiger partial charge in [0, 0.05) is 10.9 Å². The van der Waals surface area contributed by atoms with Crippen LogP contribution < -0.4 is 16.3 Å². The third-order valence-corrected chi connectivity index (χ3v) is 5.04. The summed E-state index contributed by atoms with van der Waals surface area (Å²) in [4.78, 5) is 48.8. The van der Waals surface area contributed by atoms with Crippen LogP contribution in [0.2, 0.25) is 0 Å². The molecule has 0 aliphatic heterocycles. The van der Waals surface area contributed by atoms with Gasteiger partial charge in [0.15, 0.2) is 0 Å². The molecular weight excluding hydrogens is 412 g/mol. The van der Waals surface area contributed by atoms with E-state index in [4.69, 9.17) is 9.52 Å². The fourth-order valence-electron chi connectivity index (χ4n) is 3.22. The molecule has 0 radical (unpaired) electrons. The first-order valence-corrected chi connectivity index (χ1v) is 10.1. The zero-order valence-electron chi connectivity index (χ0n) is 17.9. The number of carboxylic acid groups (broad SMARTS) is 1. The largest absolute Gasteiger partial charge is 0.480 e. The lowest BCUT2D eigenvalue weighted by Crippen LogP contribution is -2.53. The van der Waals surface area contributed by atoms with Gasteiger partial charge in [-0.1, -0.05) is 44.2 Å². The molecule has 0 bridgehead atoms. The number of carbonyl (C=O) groups excluding carboxylic acids is 2. The van der Waals surface area contributed by atoms with Crippen LogP contribution in [0.5, 0.6) is 0 Å². The molecule has 3 rings (SSSR count). The van der Waals surface area contributed by atoms with Gasteiger partial charge in [-0.25, -0.2) is 4.79 Å². The number of para-hydroxylation sites is 1. The highest BCUT2D eigenvalue weighted by Crippen LogP contribution is 2.22. The third kappa shape index (κ3) is 5.03. The van der Waals surface area contributed by atoms with Crippen molar-refractivity contribution in [3.05, 3.63) is 70.6 Å². The molecule has 8 nitrogen and oxygen atoms in total. The first kappa shape index (κ1) is 22.7. The monoisotopic (exact) mass is 436 g/mol. The Bertz CT molecular complexity index is 1230. The number of carbonyl (C=O) groups is 3. The predicted octanol–water partition coefficient (Wildman–Crippen LogP) is 2.80. The van der Waals surface area contributed by atoms with Gasteiger partial charge in [0.25, 0.3) is 5.91 Å². The molecular formula is C24H24N2O6. The van der Waals surface area contributed by atoms with Crippen LogP contribution in [-0.4, -0.2) is 35.0 Å². The normalized spacial score (nSPS) is 12.9. The smallest absolute Gasteiger partial charge is 0.344 e. The molecule has 3 N–H and O–H groups in total. The maximum atomic E-state index is 12.9. The summed E-state index contributed by atoms with van der Waals surface area (Å²) in [7, 11) is 0. The summed E-state index contributed by atoms with van der Waals surface area (Å²) in [5.74, 6) is -2.56. The van der Waals surface area contributed by atoms with E-state index in [9.17, 15) is 19.2 Å². The van der Waals surface area contributed by atoms with Crippen LogP contribution in [0.15, 0.2) is 63.8 Å². The zero-order valence-corrected chi connectivity index (χ0v) is 17.9. The van der Waals surface area contributed by atoms with E-state index in [2.05, 4.69) is 10.6 Å². The minimum Gasteiger partial charge on any atom is -0.480 e. The summed E-state index contributed by atoms with van der Waals surface area (Å²) in [5.41, 5.74) is 1.01. The van der Waals surface area contributed by atoms with Gasteiger partial charge in [-0.05, 0) is 42.7 Å². The summed E-state index contributed by atoms with van der Waals surface area (Å²) in [6.07, 6.45) is 0. The van der Waals surface area contributed by atoms with Gasteiger partial charge in [0.05, 0.1) is 5.56 Å². The van der Waals surface area contributed by atoms with Crippen molar-refractivity contribution in [3.8, 4) is 11.1 Å². The predicted molar refractivity (Wildman–Crippen MR) is 119 cm³/mol. The quantitative estimate of drug-likeness (QED) is 0.489. The number of rotatable bonds is 7. The van der Waals surface area contributed by atoms with Crippen LogP contribution in [0.4, 0.5) is 0 Å². The molecule has 2 unspecified atom stereocenters.